The predicted molar refractivity (Wildman–Crippen MR) is 46.3 cm³/mol. The van der Waals surface area contributed by atoms with Gasteiger partial charge in [0.15, 0.2) is 0 Å². The summed E-state index contributed by atoms with van der Waals surface area (Å²) in [6, 6.07) is 6.79. The van der Waals surface area contributed by atoms with Crippen LogP contribution in [0.5, 0.6) is 0 Å². The summed E-state index contributed by atoms with van der Waals surface area (Å²) in [5, 5.41) is 0.900. The van der Waals surface area contributed by atoms with E-state index in [1.165, 1.54) is 6.20 Å². The molecule has 1 aromatic heterocycles. The highest BCUT2D eigenvalue weighted by Gasteiger charge is 2.07. The Bertz CT molecular complexity index is 541. The van der Waals surface area contributed by atoms with Gasteiger partial charge in [-0.3, -0.25) is 0 Å². The second-order valence-corrected chi connectivity index (χ2v) is 3.98. The van der Waals surface area contributed by atoms with Crippen molar-refractivity contribution < 1.29 is 13.0 Å². The van der Waals surface area contributed by atoms with Gasteiger partial charge < -0.3 is 9.54 Å². The maximum atomic E-state index is 10.7. The summed E-state index contributed by atoms with van der Waals surface area (Å²) >= 11 is 0. The van der Waals surface area contributed by atoms with Crippen LogP contribution in [0.1, 0.15) is 0 Å². The van der Waals surface area contributed by atoms with Gasteiger partial charge in [0.25, 0.3) is 0 Å². The van der Waals surface area contributed by atoms with Crippen LogP contribution in [-0.4, -0.2) is 18.0 Å². The molecule has 1 aromatic carbocycles. The van der Waals surface area contributed by atoms with Gasteiger partial charge in [-0.1, -0.05) is 24.3 Å². The lowest BCUT2D eigenvalue weighted by atomic mass is 10.2. The highest BCUT2D eigenvalue weighted by Crippen LogP contribution is 2.20. The van der Waals surface area contributed by atoms with E-state index >= 15 is 0 Å². The van der Waals surface area contributed by atoms with Crippen LogP contribution in [-0.2, 0) is 10.1 Å². The van der Waals surface area contributed by atoms with E-state index in [1.54, 1.807) is 24.3 Å². The molecule has 0 saturated heterocycles. The fraction of sp³-hybridized carbons (Fsp3) is 0. The molecule has 0 radical (unpaired) electrons. The second-order valence-electron chi connectivity index (χ2n) is 2.66. The van der Waals surface area contributed by atoms with Crippen molar-refractivity contribution in [2.75, 3.05) is 0 Å². The Morgan fingerprint density at radius 2 is 1.92 bits per heavy atom. The number of fused-ring (bicyclic) bond motifs is 1. The zero-order chi connectivity index (χ0) is 9.47. The molecule has 0 spiro atoms. The first-order valence-corrected chi connectivity index (χ1v) is 5.02. The van der Waals surface area contributed by atoms with Crippen molar-refractivity contribution in [2.45, 2.75) is 5.03 Å². The van der Waals surface area contributed by atoms with Gasteiger partial charge in [0.05, 0.1) is 0 Å². The molecule has 5 heteroatoms. The third-order valence-corrected chi connectivity index (χ3v) is 2.65. The number of aromatic nitrogens is 1. The molecule has 68 valence electrons. The molecule has 0 aliphatic carbocycles. The summed E-state index contributed by atoms with van der Waals surface area (Å²) in [7, 11) is -4.39. The summed E-state index contributed by atoms with van der Waals surface area (Å²) in [5.41, 5.74) is 0. The molecule has 0 aliphatic heterocycles. The van der Waals surface area contributed by atoms with Gasteiger partial charge in [0.1, 0.15) is 15.1 Å². The van der Waals surface area contributed by atoms with Crippen LogP contribution in [0.15, 0.2) is 35.5 Å². The summed E-state index contributed by atoms with van der Waals surface area (Å²) < 4.78 is 32.2. The van der Waals surface area contributed by atoms with Crippen molar-refractivity contribution in [3.05, 3.63) is 30.5 Å². The second kappa shape index (κ2) is 2.58. The summed E-state index contributed by atoms with van der Waals surface area (Å²) in [6.45, 7) is 0. The number of hydrogen-bond donors (Lipinski definition) is 1. The SMILES string of the molecule is O=S(=O)([O-])c1[nH]cc2ccccc12. The zero-order valence-electron chi connectivity index (χ0n) is 6.52. The third-order valence-electron chi connectivity index (χ3n) is 1.81. The fourth-order valence-electron chi connectivity index (χ4n) is 1.26. The van der Waals surface area contributed by atoms with Crippen LogP contribution < -0.4 is 0 Å². The van der Waals surface area contributed by atoms with E-state index in [0.717, 1.165) is 5.39 Å². The van der Waals surface area contributed by atoms with E-state index in [0.29, 0.717) is 5.39 Å². The number of nitrogens with one attached hydrogen (secondary N) is 1. The standard InChI is InChI=1S/C8H7NO3S/c10-13(11,12)8-7-4-2-1-3-6(7)5-9-8/h1-5,9H,(H,10,11,12)/p-1. The Balaban J connectivity index is 2.87. The molecule has 0 atom stereocenters. The number of rotatable bonds is 1. The van der Waals surface area contributed by atoms with E-state index in [1.807, 2.05) is 0 Å². The van der Waals surface area contributed by atoms with E-state index in [9.17, 15) is 13.0 Å². The first kappa shape index (κ1) is 8.28. The Morgan fingerprint density at radius 1 is 1.23 bits per heavy atom. The lowest BCUT2D eigenvalue weighted by Gasteiger charge is -2.03. The Morgan fingerprint density at radius 3 is 2.62 bits per heavy atom. The van der Waals surface area contributed by atoms with Crippen molar-refractivity contribution in [3.63, 3.8) is 0 Å². The fourth-order valence-corrected chi connectivity index (χ4v) is 1.92. The average molecular weight is 196 g/mol. The van der Waals surface area contributed by atoms with Crippen LogP contribution in [0.4, 0.5) is 0 Å². The van der Waals surface area contributed by atoms with Gasteiger partial charge in [-0.2, -0.15) is 0 Å². The molecule has 0 saturated carbocycles. The average Bonchev–Trinajstić information content (AvgIpc) is 2.45. The quantitative estimate of drug-likeness (QED) is 0.693. The number of aromatic amines is 1. The molecule has 0 fully saturated rings. The summed E-state index contributed by atoms with van der Waals surface area (Å²) in [6.07, 6.45) is 1.50. The van der Waals surface area contributed by atoms with Crippen molar-refractivity contribution in [3.8, 4) is 0 Å². The molecule has 0 aliphatic rings. The molecule has 2 aromatic rings. The lowest BCUT2D eigenvalue weighted by molar-refractivity contribution is 0.461. The van der Waals surface area contributed by atoms with E-state index in [2.05, 4.69) is 4.98 Å². The molecule has 0 amide bonds. The van der Waals surface area contributed by atoms with Gasteiger partial charge in [0.2, 0.25) is 0 Å². The highest BCUT2D eigenvalue weighted by atomic mass is 32.2. The molecular weight excluding hydrogens is 190 g/mol. The van der Waals surface area contributed by atoms with E-state index in [4.69, 9.17) is 0 Å². The molecule has 1 heterocycles. The molecule has 4 nitrogen and oxygen atoms in total. The molecule has 2 rings (SSSR count). The maximum Gasteiger partial charge on any atom is 0.140 e. The number of hydrogen-bond acceptors (Lipinski definition) is 3. The minimum absolute atomic E-state index is 0.261. The zero-order valence-corrected chi connectivity index (χ0v) is 7.34. The molecule has 13 heavy (non-hydrogen) atoms. The monoisotopic (exact) mass is 196 g/mol. The van der Waals surface area contributed by atoms with Crippen LogP contribution in [0.25, 0.3) is 10.8 Å². The lowest BCUT2D eigenvalue weighted by Crippen LogP contribution is -1.98. The van der Waals surface area contributed by atoms with Crippen molar-refractivity contribution >= 4 is 20.9 Å². The first-order chi connectivity index (χ1) is 6.09. The van der Waals surface area contributed by atoms with Gasteiger partial charge >= 0.3 is 0 Å². The minimum Gasteiger partial charge on any atom is -0.743 e. The Hall–Kier alpha value is -1.33. The van der Waals surface area contributed by atoms with Gasteiger partial charge in [-0.05, 0) is 0 Å². The number of H-pyrrole nitrogens is 1. The minimum atomic E-state index is -4.39. The first-order valence-electron chi connectivity index (χ1n) is 3.61. The normalized spacial score (nSPS) is 12.1. The highest BCUT2D eigenvalue weighted by molar-refractivity contribution is 7.85. The smallest absolute Gasteiger partial charge is 0.140 e. The summed E-state index contributed by atoms with van der Waals surface area (Å²) in [4.78, 5) is 2.45. The topological polar surface area (TPSA) is 73.0 Å². The van der Waals surface area contributed by atoms with Crippen LogP contribution in [0.2, 0.25) is 0 Å². The van der Waals surface area contributed by atoms with E-state index in [-0.39, 0.29) is 5.03 Å². The van der Waals surface area contributed by atoms with Crippen LogP contribution >= 0.6 is 0 Å². The molecular formula is C8H6NO3S-. The summed E-state index contributed by atoms with van der Waals surface area (Å²) in [5.74, 6) is 0. The van der Waals surface area contributed by atoms with Crippen molar-refractivity contribution in [1.29, 1.82) is 0 Å². The van der Waals surface area contributed by atoms with Crippen LogP contribution in [0, 0.1) is 0 Å². The molecule has 1 N–H and O–H groups in total. The predicted octanol–water partition coefficient (Wildman–Crippen LogP) is 1.07. The van der Waals surface area contributed by atoms with Gasteiger partial charge in [-0.25, -0.2) is 8.42 Å². The largest absolute Gasteiger partial charge is 0.743 e. The molecule has 0 unspecified atom stereocenters. The number of benzene rings is 1. The Labute approximate surface area is 75.0 Å². The van der Waals surface area contributed by atoms with Crippen LogP contribution in [0.3, 0.4) is 0 Å². The molecule has 0 bridgehead atoms. The maximum absolute atomic E-state index is 10.7. The Kier molecular flexibility index (Phi) is 1.64. The van der Waals surface area contributed by atoms with Gasteiger partial charge in [-0.15, -0.1) is 0 Å². The van der Waals surface area contributed by atoms with E-state index < -0.39 is 10.1 Å². The van der Waals surface area contributed by atoms with Crippen molar-refractivity contribution in [2.24, 2.45) is 0 Å². The van der Waals surface area contributed by atoms with Crippen molar-refractivity contribution in [1.82, 2.24) is 4.98 Å². The third kappa shape index (κ3) is 1.32. The van der Waals surface area contributed by atoms with Gasteiger partial charge in [0, 0.05) is 17.0 Å².